The SMILES string of the molecule is O=S(=O)(O)C(F)COCC(O)c1ccccc1. The highest BCUT2D eigenvalue weighted by molar-refractivity contribution is 7.86. The van der Waals surface area contributed by atoms with Gasteiger partial charge < -0.3 is 9.84 Å². The largest absolute Gasteiger partial charge is 0.386 e. The van der Waals surface area contributed by atoms with Crippen LogP contribution in [0.25, 0.3) is 0 Å². The predicted molar refractivity (Wildman–Crippen MR) is 58.7 cm³/mol. The van der Waals surface area contributed by atoms with E-state index in [0.717, 1.165) is 0 Å². The number of hydrogen-bond acceptors (Lipinski definition) is 4. The fourth-order valence-corrected chi connectivity index (χ4v) is 1.40. The van der Waals surface area contributed by atoms with Crippen molar-refractivity contribution in [3.05, 3.63) is 35.9 Å². The first kappa shape index (κ1) is 14.0. The maximum Gasteiger partial charge on any atom is 0.299 e. The summed E-state index contributed by atoms with van der Waals surface area (Å²) in [5.74, 6) is 0. The molecule has 1 rings (SSSR count). The number of halogens is 1. The highest BCUT2D eigenvalue weighted by Crippen LogP contribution is 2.12. The van der Waals surface area contributed by atoms with E-state index in [4.69, 9.17) is 4.55 Å². The second-order valence-electron chi connectivity index (χ2n) is 3.39. The standard InChI is InChI=1S/C10H13FO5S/c11-10(17(13,14)15)7-16-6-9(12)8-4-2-1-3-5-8/h1-5,9-10,12H,6-7H2,(H,13,14,15). The molecule has 0 aromatic heterocycles. The highest BCUT2D eigenvalue weighted by atomic mass is 32.2. The van der Waals surface area contributed by atoms with Gasteiger partial charge in [-0.15, -0.1) is 0 Å². The van der Waals surface area contributed by atoms with E-state index < -0.39 is 28.3 Å². The summed E-state index contributed by atoms with van der Waals surface area (Å²) in [6.45, 7) is -1.07. The summed E-state index contributed by atoms with van der Waals surface area (Å²) in [5.41, 5.74) is -1.92. The fourth-order valence-electron chi connectivity index (χ4n) is 1.13. The molecular formula is C10H13FO5S. The molecule has 0 saturated heterocycles. The fraction of sp³-hybridized carbons (Fsp3) is 0.400. The molecule has 0 bridgehead atoms. The Labute approximate surface area is 98.6 Å². The summed E-state index contributed by atoms with van der Waals surface area (Å²) < 4.78 is 46.3. The molecule has 0 saturated carbocycles. The van der Waals surface area contributed by atoms with E-state index in [1.807, 2.05) is 0 Å². The van der Waals surface area contributed by atoms with E-state index >= 15 is 0 Å². The van der Waals surface area contributed by atoms with Crippen LogP contribution in [0.1, 0.15) is 11.7 Å². The van der Waals surface area contributed by atoms with Crippen LogP contribution in [0.15, 0.2) is 30.3 Å². The third kappa shape index (κ3) is 4.78. The summed E-state index contributed by atoms with van der Waals surface area (Å²) in [4.78, 5) is 0. The van der Waals surface area contributed by atoms with Crippen LogP contribution < -0.4 is 0 Å². The van der Waals surface area contributed by atoms with E-state index in [0.29, 0.717) is 5.56 Å². The third-order valence-corrected chi connectivity index (χ3v) is 2.81. The molecule has 0 spiro atoms. The van der Waals surface area contributed by atoms with Gasteiger partial charge >= 0.3 is 0 Å². The second kappa shape index (κ2) is 6.06. The van der Waals surface area contributed by atoms with E-state index in [1.54, 1.807) is 30.3 Å². The lowest BCUT2D eigenvalue weighted by molar-refractivity contribution is 0.0240. The van der Waals surface area contributed by atoms with Crippen molar-refractivity contribution < 1.29 is 27.2 Å². The maximum atomic E-state index is 12.7. The third-order valence-electron chi connectivity index (χ3n) is 2.03. The number of aliphatic hydroxyl groups excluding tert-OH is 1. The number of hydrogen-bond donors (Lipinski definition) is 2. The summed E-state index contributed by atoms with van der Waals surface area (Å²) in [5, 5.41) is 9.58. The van der Waals surface area contributed by atoms with Gasteiger partial charge in [-0.3, -0.25) is 4.55 Å². The Morgan fingerprint density at radius 2 is 1.82 bits per heavy atom. The Hall–Kier alpha value is -1.02. The van der Waals surface area contributed by atoms with Crippen molar-refractivity contribution in [2.24, 2.45) is 0 Å². The van der Waals surface area contributed by atoms with Crippen LogP contribution in [0, 0.1) is 0 Å². The molecule has 0 fully saturated rings. The van der Waals surface area contributed by atoms with Gasteiger partial charge in [0.25, 0.3) is 10.1 Å². The average Bonchev–Trinajstić information content (AvgIpc) is 2.28. The Morgan fingerprint density at radius 1 is 1.24 bits per heavy atom. The topological polar surface area (TPSA) is 83.8 Å². The van der Waals surface area contributed by atoms with E-state index in [9.17, 15) is 17.9 Å². The van der Waals surface area contributed by atoms with Gasteiger partial charge in [0.05, 0.1) is 13.2 Å². The molecular weight excluding hydrogens is 251 g/mol. The van der Waals surface area contributed by atoms with Gasteiger partial charge in [0, 0.05) is 0 Å². The van der Waals surface area contributed by atoms with Gasteiger partial charge in [-0.25, -0.2) is 4.39 Å². The Balaban J connectivity index is 2.38. The monoisotopic (exact) mass is 264 g/mol. The summed E-state index contributed by atoms with van der Waals surface area (Å²) in [6, 6.07) is 8.52. The molecule has 2 N–H and O–H groups in total. The van der Waals surface area contributed by atoms with E-state index in [1.165, 1.54) is 0 Å². The first-order chi connectivity index (χ1) is 7.91. The lowest BCUT2D eigenvalue weighted by Crippen LogP contribution is -2.22. The molecule has 2 atom stereocenters. The Bertz CT molecular complexity index is 433. The molecule has 2 unspecified atom stereocenters. The molecule has 0 amide bonds. The van der Waals surface area contributed by atoms with Crippen molar-refractivity contribution in [2.75, 3.05) is 13.2 Å². The summed E-state index contributed by atoms with van der Waals surface area (Å²) >= 11 is 0. The zero-order valence-electron chi connectivity index (χ0n) is 8.86. The van der Waals surface area contributed by atoms with Crippen molar-refractivity contribution in [3.8, 4) is 0 Å². The highest BCUT2D eigenvalue weighted by Gasteiger charge is 2.22. The van der Waals surface area contributed by atoms with Gasteiger partial charge in [0.1, 0.15) is 6.10 Å². The van der Waals surface area contributed by atoms with Crippen molar-refractivity contribution in [1.29, 1.82) is 0 Å². The smallest absolute Gasteiger partial charge is 0.299 e. The van der Waals surface area contributed by atoms with Crippen LogP contribution in [-0.4, -0.2) is 36.8 Å². The molecule has 1 aromatic carbocycles. The first-order valence-electron chi connectivity index (χ1n) is 4.82. The number of benzene rings is 1. The zero-order chi connectivity index (χ0) is 12.9. The molecule has 1 aromatic rings. The molecule has 5 nitrogen and oxygen atoms in total. The molecule has 0 aliphatic rings. The summed E-state index contributed by atoms with van der Waals surface area (Å²) in [6.07, 6.45) is -0.968. The molecule has 0 radical (unpaired) electrons. The van der Waals surface area contributed by atoms with Gasteiger partial charge in [0.15, 0.2) is 0 Å². The normalized spacial score (nSPS) is 15.5. The van der Waals surface area contributed by atoms with E-state index in [2.05, 4.69) is 4.74 Å². The average molecular weight is 264 g/mol. The van der Waals surface area contributed by atoms with Crippen LogP contribution in [-0.2, 0) is 14.9 Å². The Kier molecular flexibility index (Phi) is 5.01. The number of rotatable bonds is 6. The number of ether oxygens (including phenoxy) is 1. The first-order valence-corrected chi connectivity index (χ1v) is 6.32. The van der Waals surface area contributed by atoms with Crippen LogP contribution in [0.5, 0.6) is 0 Å². The van der Waals surface area contributed by atoms with Gasteiger partial charge in [-0.05, 0) is 5.56 Å². The minimum absolute atomic E-state index is 0.250. The number of alkyl halides is 1. The van der Waals surface area contributed by atoms with Gasteiger partial charge in [0.2, 0.25) is 5.50 Å². The van der Waals surface area contributed by atoms with Gasteiger partial charge in [-0.2, -0.15) is 8.42 Å². The predicted octanol–water partition coefficient (Wildman–Crippen LogP) is 0.920. The van der Waals surface area contributed by atoms with Crippen LogP contribution >= 0.6 is 0 Å². The van der Waals surface area contributed by atoms with E-state index in [-0.39, 0.29) is 6.61 Å². The van der Waals surface area contributed by atoms with Crippen LogP contribution in [0.3, 0.4) is 0 Å². The zero-order valence-corrected chi connectivity index (χ0v) is 9.68. The molecule has 17 heavy (non-hydrogen) atoms. The summed E-state index contributed by atoms with van der Waals surface area (Å²) in [7, 11) is -4.74. The molecule has 0 aliphatic heterocycles. The number of aliphatic hydroxyl groups is 1. The van der Waals surface area contributed by atoms with Crippen LogP contribution in [0.4, 0.5) is 4.39 Å². The molecule has 96 valence electrons. The van der Waals surface area contributed by atoms with Crippen molar-refractivity contribution in [1.82, 2.24) is 0 Å². The minimum Gasteiger partial charge on any atom is -0.386 e. The van der Waals surface area contributed by atoms with Crippen molar-refractivity contribution in [2.45, 2.75) is 11.6 Å². The molecule has 7 heteroatoms. The van der Waals surface area contributed by atoms with Crippen LogP contribution in [0.2, 0.25) is 0 Å². The quantitative estimate of drug-likeness (QED) is 0.746. The van der Waals surface area contributed by atoms with Gasteiger partial charge in [-0.1, -0.05) is 30.3 Å². The lowest BCUT2D eigenvalue weighted by atomic mass is 10.1. The minimum atomic E-state index is -4.74. The lowest BCUT2D eigenvalue weighted by Gasteiger charge is -2.12. The Morgan fingerprint density at radius 3 is 2.35 bits per heavy atom. The van der Waals surface area contributed by atoms with Crippen molar-refractivity contribution in [3.63, 3.8) is 0 Å². The van der Waals surface area contributed by atoms with Crippen molar-refractivity contribution >= 4 is 10.1 Å². The second-order valence-corrected chi connectivity index (χ2v) is 4.93. The molecule has 0 aliphatic carbocycles. The molecule has 0 heterocycles. The maximum absolute atomic E-state index is 12.7.